The maximum absolute atomic E-state index is 13.0. The third-order valence-electron chi connectivity index (χ3n) is 7.69. The number of pyridine rings is 2. The number of carboxylic acids is 1. The molecule has 1 N–H and O–H groups in total. The van der Waals surface area contributed by atoms with Crippen LogP contribution in [0.15, 0.2) is 103 Å². The molecular weight excluding hydrogens is 760 g/mol. The number of aromatic carboxylic acids is 1. The summed E-state index contributed by atoms with van der Waals surface area (Å²) in [6.45, 7) is 0. The van der Waals surface area contributed by atoms with E-state index in [1.807, 2.05) is 59.5 Å². The Morgan fingerprint density at radius 3 is 2.27 bits per heavy atom. The van der Waals surface area contributed by atoms with Gasteiger partial charge in [0.25, 0.3) is 0 Å². The molecule has 10 heteroatoms. The number of hydrogen-bond acceptors (Lipinski definition) is 5. The van der Waals surface area contributed by atoms with Gasteiger partial charge in [-0.25, -0.2) is 9.78 Å². The van der Waals surface area contributed by atoms with Gasteiger partial charge in [0, 0.05) is 43.9 Å². The summed E-state index contributed by atoms with van der Waals surface area (Å²) >= 11 is 0. The van der Waals surface area contributed by atoms with E-state index in [0.717, 1.165) is 17.8 Å². The van der Waals surface area contributed by atoms with Crippen LogP contribution < -0.4 is 9.64 Å². The number of para-hydroxylation sites is 2. The summed E-state index contributed by atoms with van der Waals surface area (Å²) in [6, 6.07) is 28.3. The van der Waals surface area contributed by atoms with Gasteiger partial charge in [-0.1, -0.05) is 48.7 Å². The van der Waals surface area contributed by atoms with E-state index in [4.69, 9.17) is 9.84 Å². The van der Waals surface area contributed by atoms with Crippen LogP contribution in [0.25, 0.3) is 11.3 Å². The molecule has 2 aromatic heterocycles. The summed E-state index contributed by atoms with van der Waals surface area (Å²) in [5, 5.41) is 8.68. The average Bonchev–Trinajstić information content (AvgIpc) is 3.59. The Labute approximate surface area is 271 Å². The molecule has 0 unspecified atom stereocenters. The van der Waals surface area contributed by atoms with Gasteiger partial charge in [0.05, 0.1) is 17.0 Å². The Bertz CT molecular complexity index is 1760. The SMILES string of the molecule is FC(F)(F)c1ccc(N2c3ccccc3Oc3c(-c4ccccn4)[c-]ccc32)cc1.O=C(O)c1ccc(C2CCCC2)cn1.[Ir]. The zero-order chi connectivity index (χ0) is 30.7. The van der Waals surface area contributed by atoms with E-state index in [0.29, 0.717) is 40.0 Å². The van der Waals surface area contributed by atoms with Gasteiger partial charge in [0.1, 0.15) is 11.4 Å². The van der Waals surface area contributed by atoms with Crippen LogP contribution in [0.3, 0.4) is 0 Å². The van der Waals surface area contributed by atoms with Crippen molar-refractivity contribution in [1.82, 2.24) is 9.97 Å². The Kier molecular flexibility index (Phi) is 9.65. The summed E-state index contributed by atoms with van der Waals surface area (Å²) in [7, 11) is 0. The molecule has 1 aliphatic heterocycles. The predicted molar refractivity (Wildman–Crippen MR) is 161 cm³/mol. The Morgan fingerprint density at radius 1 is 0.889 bits per heavy atom. The Hall–Kier alpha value is -4.53. The molecule has 0 atom stereocenters. The van der Waals surface area contributed by atoms with Crippen LogP contribution in [0, 0.1) is 6.07 Å². The third kappa shape index (κ3) is 6.92. The summed E-state index contributed by atoms with van der Waals surface area (Å²) in [5.74, 6) is 0.796. The first-order valence-corrected chi connectivity index (χ1v) is 14.2. The minimum Gasteiger partial charge on any atom is -0.498 e. The first-order valence-electron chi connectivity index (χ1n) is 14.2. The molecule has 6 nitrogen and oxygen atoms in total. The first kappa shape index (κ1) is 31.9. The van der Waals surface area contributed by atoms with Gasteiger partial charge in [-0.05, 0) is 78.5 Å². The minimum atomic E-state index is -4.39. The van der Waals surface area contributed by atoms with Gasteiger partial charge >= 0.3 is 12.1 Å². The number of ether oxygens (including phenoxy) is 1. The largest absolute Gasteiger partial charge is 0.498 e. The molecule has 3 aromatic carbocycles. The molecule has 1 aliphatic carbocycles. The average molecular weight is 787 g/mol. The van der Waals surface area contributed by atoms with Crippen molar-refractivity contribution >= 4 is 23.0 Å². The second-order valence-corrected chi connectivity index (χ2v) is 10.5. The molecule has 3 heterocycles. The molecule has 0 spiro atoms. The minimum absolute atomic E-state index is 0. The summed E-state index contributed by atoms with van der Waals surface area (Å²) in [6.07, 6.45) is 4.01. The van der Waals surface area contributed by atoms with Crippen LogP contribution >= 0.6 is 0 Å². The molecule has 45 heavy (non-hydrogen) atoms. The maximum atomic E-state index is 13.0. The molecule has 0 amide bonds. The fraction of sp³-hybridized carbons (Fsp3) is 0.171. The number of nitrogens with zero attached hydrogens (tertiary/aromatic N) is 3. The van der Waals surface area contributed by atoms with E-state index < -0.39 is 17.7 Å². The smallest absolute Gasteiger partial charge is 0.416 e. The van der Waals surface area contributed by atoms with E-state index in [-0.39, 0.29) is 25.8 Å². The summed E-state index contributed by atoms with van der Waals surface area (Å²) in [4.78, 5) is 20.8. The van der Waals surface area contributed by atoms with Crippen LogP contribution in [-0.2, 0) is 26.3 Å². The van der Waals surface area contributed by atoms with E-state index in [1.54, 1.807) is 24.5 Å². The molecule has 2 aliphatic rings. The van der Waals surface area contributed by atoms with Crippen molar-refractivity contribution in [2.75, 3.05) is 4.90 Å². The van der Waals surface area contributed by atoms with Gasteiger partial charge < -0.3 is 19.7 Å². The topological polar surface area (TPSA) is 75.5 Å². The van der Waals surface area contributed by atoms with Crippen molar-refractivity contribution in [1.29, 1.82) is 0 Å². The number of aromatic nitrogens is 2. The monoisotopic (exact) mass is 787 g/mol. The van der Waals surface area contributed by atoms with Gasteiger partial charge in [-0.3, -0.25) is 0 Å². The van der Waals surface area contributed by atoms with Crippen LogP contribution in [0.4, 0.5) is 30.2 Å². The standard InChI is InChI=1S/C24H14F3N2O.C11H13NO2.Ir/c25-24(26,27)16-11-13-17(14-12-16)29-20-8-1-2-10-22(20)30-23-18(6-5-9-21(23)29)19-7-3-4-15-28-19;13-11(14)10-6-5-9(7-12-10)8-3-1-2-4-8;/h1-5,7-15H;5-8H,1-4H2,(H,13,14);/q-1;;. The number of fused-ring (bicyclic) bond motifs is 2. The molecule has 231 valence electrons. The number of alkyl halides is 3. The van der Waals surface area contributed by atoms with Gasteiger partial charge in [0.2, 0.25) is 0 Å². The second kappa shape index (κ2) is 13.6. The third-order valence-corrected chi connectivity index (χ3v) is 7.69. The fourth-order valence-electron chi connectivity index (χ4n) is 5.53. The molecule has 1 fully saturated rings. The quantitative estimate of drug-likeness (QED) is 0.180. The number of halogens is 3. The molecule has 0 saturated heterocycles. The van der Waals surface area contributed by atoms with Crippen LogP contribution in [0.2, 0.25) is 0 Å². The number of carboxylic acid groups (broad SMARTS) is 1. The van der Waals surface area contributed by atoms with Crippen molar-refractivity contribution in [3.8, 4) is 22.8 Å². The van der Waals surface area contributed by atoms with Crippen LogP contribution in [0.1, 0.15) is 53.2 Å². The van der Waals surface area contributed by atoms with Gasteiger partial charge in [-0.15, -0.1) is 18.2 Å². The number of rotatable bonds is 4. The van der Waals surface area contributed by atoms with Crippen LogP contribution in [-0.4, -0.2) is 21.0 Å². The van der Waals surface area contributed by atoms with Crippen molar-refractivity contribution in [3.05, 3.63) is 126 Å². The fourth-order valence-corrected chi connectivity index (χ4v) is 5.53. The number of carbonyl (C=O) groups is 1. The summed E-state index contributed by atoms with van der Waals surface area (Å²) < 4.78 is 45.3. The zero-order valence-electron chi connectivity index (χ0n) is 23.8. The molecule has 1 radical (unpaired) electrons. The van der Waals surface area contributed by atoms with E-state index in [1.165, 1.54) is 43.4 Å². The first-order chi connectivity index (χ1) is 21.3. The van der Waals surface area contributed by atoms with Crippen molar-refractivity contribution < 1.29 is 47.9 Å². The molecule has 0 bridgehead atoms. The zero-order valence-corrected chi connectivity index (χ0v) is 26.2. The van der Waals surface area contributed by atoms with Crippen molar-refractivity contribution in [2.45, 2.75) is 37.8 Å². The number of anilines is 3. The predicted octanol–water partition coefficient (Wildman–Crippen LogP) is 9.58. The molecular formula is C35H27F3IrN3O3-. The Morgan fingerprint density at radius 2 is 1.62 bits per heavy atom. The van der Waals surface area contributed by atoms with E-state index >= 15 is 0 Å². The second-order valence-electron chi connectivity index (χ2n) is 10.5. The maximum Gasteiger partial charge on any atom is 0.416 e. The molecule has 7 rings (SSSR count). The van der Waals surface area contributed by atoms with Crippen LogP contribution in [0.5, 0.6) is 11.5 Å². The van der Waals surface area contributed by atoms with E-state index in [2.05, 4.69) is 16.0 Å². The normalized spacial score (nSPS) is 13.8. The van der Waals surface area contributed by atoms with Crippen molar-refractivity contribution in [2.24, 2.45) is 0 Å². The van der Waals surface area contributed by atoms with Gasteiger partial charge in [0.15, 0.2) is 0 Å². The Balaban J connectivity index is 0.000000225. The van der Waals surface area contributed by atoms with E-state index in [9.17, 15) is 18.0 Å². The molecule has 5 aromatic rings. The van der Waals surface area contributed by atoms with Gasteiger partial charge in [-0.2, -0.15) is 13.2 Å². The number of hydrogen-bond donors (Lipinski definition) is 1. The number of benzene rings is 3. The molecule has 1 saturated carbocycles. The van der Waals surface area contributed by atoms with Crippen molar-refractivity contribution in [3.63, 3.8) is 0 Å². The summed E-state index contributed by atoms with van der Waals surface area (Å²) in [5.41, 5.74) is 4.04.